The van der Waals surface area contributed by atoms with Crippen LogP contribution < -0.4 is 0 Å². The highest BCUT2D eigenvalue weighted by Gasteiger charge is 2.33. The average Bonchev–Trinajstić information content (AvgIpc) is 3.41. The Morgan fingerprint density at radius 1 is 0.892 bits per heavy atom. The number of thiophene rings is 1. The highest BCUT2D eigenvalue weighted by Crippen LogP contribution is 2.38. The van der Waals surface area contributed by atoms with Gasteiger partial charge in [-0.25, -0.2) is 0 Å². The third-order valence-corrected chi connectivity index (χ3v) is 8.82. The minimum atomic E-state index is 0.0646. The average molecular weight is 516 g/mol. The molecular formula is C31H37N3O2S. The zero-order valence-electron chi connectivity index (χ0n) is 22.0. The number of carbonyl (C=O) groups excluding carboxylic acids is 2. The summed E-state index contributed by atoms with van der Waals surface area (Å²) in [4.78, 5) is 34.1. The molecule has 1 saturated heterocycles. The van der Waals surface area contributed by atoms with E-state index in [-0.39, 0.29) is 17.9 Å². The minimum Gasteiger partial charge on any atom is -0.338 e. The van der Waals surface area contributed by atoms with E-state index in [1.54, 1.807) is 0 Å². The van der Waals surface area contributed by atoms with Crippen molar-refractivity contribution in [2.45, 2.75) is 45.6 Å². The van der Waals surface area contributed by atoms with Gasteiger partial charge in [-0.05, 0) is 72.0 Å². The molecular weight excluding hydrogens is 478 g/mol. The van der Waals surface area contributed by atoms with Crippen molar-refractivity contribution in [3.8, 4) is 0 Å². The number of rotatable bonds is 7. The maximum Gasteiger partial charge on any atom is 0.253 e. The first-order chi connectivity index (χ1) is 18.0. The number of nitrogens with zero attached hydrogens (tertiary/aromatic N) is 3. The van der Waals surface area contributed by atoms with Gasteiger partial charge in [0, 0.05) is 43.2 Å². The molecule has 6 heteroatoms. The van der Waals surface area contributed by atoms with Gasteiger partial charge in [0.1, 0.15) is 0 Å². The Morgan fingerprint density at radius 2 is 1.62 bits per heavy atom. The van der Waals surface area contributed by atoms with Crippen LogP contribution in [0.5, 0.6) is 0 Å². The molecule has 2 aliphatic heterocycles. The number of unbranched alkanes of at least 4 members (excludes halogenated alkanes) is 1. The van der Waals surface area contributed by atoms with Crippen molar-refractivity contribution in [1.82, 2.24) is 14.7 Å². The van der Waals surface area contributed by atoms with E-state index in [4.69, 9.17) is 0 Å². The molecule has 2 aliphatic rings. The molecule has 5 nitrogen and oxygen atoms in total. The van der Waals surface area contributed by atoms with Crippen LogP contribution in [-0.2, 0) is 17.6 Å². The van der Waals surface area contributed by atoms with Crippen LogP contribution in [0.2, 0.25) is 0 Å². The normalized spacial score (nSPS) is 18.1. The van der Waals surface area contributed by atoms with Gasteiger partial charge in [0.15, 0.2) is 0 Å². The van der Waals surface area contributed by atoms with Crippen LogP contribution in [0.25, 0.3) is 0 Å². The summed E-state index contributed by atoms with van der Waals surface area (Å²) in [6.07, 6.45) is 4.38. The Morgan fingerprint density at radius 3 is 2.35 bits per heavy atom. The van der Waals surface area contributed by atoms with E-state index >= 15 is 0 Å². The molecule has 1 atom stereocenters. The number of aryl methyl sites for hydroxylation is 2. The summed E-state index contributed by atoms with van der Waals surface area (Å²) in [7, 11) is 0. The second kappa shape index (κ2) is 11.6. The minimum absolute atomic E-state index is 0.0646. The molecule has 0 radical (unpaired) electrons. The molecule has 5 rings (SSSR count). The monoisotopic (exact) mass is 515 g/mol. The number of amides is 2. The van der Waals surface area contributed by atoms with Gasteiger partial charge in [0.05, 0.1) is 12.6 Å². The van der Waals surface area contributed by atoms with Crippen molar-refractivity contribution < 1.29 is 9.59 Å². The van der Waals surface area contributed by atoms with Crippen LogP contribution >= 0.6 is 11.3 Å². The Kier molecular flexibility index (Phi) is 8.06. The smallest absolute Gasteiger partial charge is 0.253 e. The van der Waals surface area contributed by atoms with Gasteiger partial charge < -0.3 is 9.80 Å². The lowest BCUT2D eigenvalue weighted by Gasteiger charge is -2.39. The third-order valence-electron chi connectivity index (χ3n) is 7.83. The zero-order chi connectivity index (χ0) is 25.8. The van der Waals surface area contributed by atoms with Gasteiger partial charge in [-0.15, -0.1) is 11.3 Å². The summed E-state index contributed by atoms with van der Waals surface area (Å²) >= 11 is 1.82. The number of benzene rings is 2. The van der Waals surface area contributed by atoms with Crippen molar-refractivity contribution in [3.63, 3.8) is 0 Å². The van der Waals surface area contributed by atoms with Gasteiger partial charge in [-0.3, -0.25) is 14.5 Å². The van der Waals surface area contributed by atoms with Crippen LogP contribution in [-0.4, -0.2) is 65.8 Å². The molecule has 1 unspecified atom stereocenters. The van der Waals surface area contributed by atoms with Crippen molar-refractivity contribution in [2.24, 2.45) is 0 Å². The molecule has 1 aromatic heterocycles. The lowest BCUT2D eigenvalue weighted by Crippen LogP contribution is -2.53. The van der Waals surface area contributed by atoms with Gasteiger partial charge >= 0.3 is 0 Å². The Bertz CT molecular complexity index is 1230. The molecule has 0 N–H and O–H groups in total. The van der Waals surface area contributed by atoms with Gasteiger partial charge in [0.2, 0.25) is 5.91 Å². The maximum absolute atomic E-state index is 13.4. The van der Waals surface area contributed by atoms with E-state index in [1.165, 1.54) is 40.0 Å². The Balaban J connectivity index is 1.21. The van der Waals surface area contributed by atoms with Gasteiger partial charge in [-0.2, -0.15) is 0 Å². The summed E-state index contributed by atoms with van der Waals surface area (Å²) in [6.45, 7) is 7.97. The molecule has 3 heterocycles. The zero-order valence-corrected chi connectivity index (χ0v) is 22.8. The number of fused-ring (bicyclic) bond motifs is 1. The second-order valence-corrected chi connectivity index (χ2v) is 11.3. The lowest BCUT2D eigenvalue weighted by molar-refractivity contribution is -0.134. The Hall–Kier alpha value is -2.96. The van der Waals surface area contributed by atoms with Crippen LogP contribution in [0.1, 0.15) is 63.3 Å². The number of hydrogen-bond acceptors (Lipinski definition) is 4. The van der Waals surface area contributed by atoms with Gasteiger partial charge in [-0.1, -0.05) is 49.7 Å². The van der Waals surface area contributed by atoms with Crippen molar-refractivity contribution in [1.29, 1.82) is 0 Å². The third kappa shape index (κ3) is 5.65. The van der Waals surface area contributed by atoms with Crippen molar-refractivity contribution >= 4 is 23.2 Å². The second-order valence-electron chi connectivity index (χ2n) is 10.3. The molecule has 2 amide bonds. The standard InChI is InChI=1S/C31H37N3O2S/c1-3-4-8-24-10-12-25(13-11-24)31(36)33-19-17-32(18-20-33)29(35)22-34-16-14-28-27(15-21-37-28)30(34)26-9-6-5-7-23(26)2/h5-7,9-13,15,21,30H,3-4,8,14,16-20,22H2,1-2H3. The fourth-order valence-electron chi connectivity index (χ4n) is 5.61. The fraction of sp³-hybridized carbons (Fsp3) is 0.419. The molecule has 0 bridgehead atoms. The summed E-state index contributed by atoms with van der Waals surface area (Å²) in [5.74, 6) is 0.222. The summed E-state index contributed by atoms with van der Waals surface area (Å²) in [6, 6.07) is 18.9. The van der Waals surface area contributed by atoms with E-state index in [0.717, 1.165) is 24.9 Å². The van der Waals surface area contributed by atoms with E-state index < -0.39 is 0 Å². The van der Waals surface area contributed by atoms with Crippen molar-refractivity contribution in [3.05, 3.63) is 92.7 Å². The van der Waals surface area contributed by atoms with E-state index in [2.05, 4.69) is 66.6 Å². The highest BCUT2D eigenvalue weighted by atomic mass is 32.1. The van der Waals surface area contributed by atoms with Crippen LogP contribution in [0.3, 0.4) is 0 Å². The molecule has 0 spiro atoms. The first-order valence-corrected chi connectivity index (χ1v) is 14.4. The molecule has 37 heavy (non-hydrogen) atoms. The fourth-order valence-corrected chi connectivity index (χ4v) is 6.51. The molecule has 0 saturated carbocycles. The molecule has 194 valence electrons. The summed E-state index contributed by atoms with van der Waals surface area (Å²) < 4.78 is 0. The lowest BCUT2D eigenvalue weighted by atomic mass is 9.90. The summed E-state index contributed by atoms with van der Waals surface area (Å²) in [5, 5.41) is 2.18. The molecule has 2 aromatic carbocycles. The first-order valence-electron chi connectivity index (χ1n) is 13.6. The van der Waals surface area contributed by atoms with E-state index in [1.807, 2.05) is 33.3 Å². The molecule has 3 aromatic rings. The summed E-state index contributed by atoms with van der Waals surface area (Å²) in [5.41, 5.74) is 5.90. The van der Waals surface area contributed by atoms with Crippen LogP contribution in [0.15, 0.2) is 60.0 Å². The number of carbonyl (C=O) groups is 2. The van der Waals surface area contributed by atoms with Crippen LogP contribution in [0, 0.1) is 6.92 Å². The van der Waals surface area contributed by atoms with Crippen molar-refractivity contribution in [2.75, 3.05) is 39.3 Å². The van der Waals surface area contributed by atoms with E-state index in [0.29, 0.717) is 32.7 Å². The van der Waals surface area contributed by atoms with Crippen LogP contribution in [0.4, 0.5) is 0 Å². The first kappa shape index (κ1) is 25.7. The quantitative estimate of drug-likeness (QED) is 0.427. The largest absolute Gasteiger partial charge is 0.338 e. The number of hydrogen-bond donors (Lipinski definition) is 0. The Labute approximate surface area is 224 Å². The molecule has 0 aliphatic carbocycles. The topological polar surface area (TPSA) is 43.9 Å². The highest BCUT2D eigenvalue weighted by molar-refractivity contribution is 7.10. The predicted octanol–water partition coefficient (Wildman–Crippen LogP) is 5.33. The SMILES string of the molecule is CCCCc1ccc(C(=O)N2CCN(C(=O)CN3CCc4sccc4C3c3ccccc3C)CC2)cc1. The van der Waals surface area contributed by atoms with E-state index in [9.17, 15) is 9.59 Å². The number of piperazine rings is 1. The maximum atomic E-state index is 13.4. The molecule has 1 fully saturated rings. The van der Waals surface area contributed by atoms with Gasteiger partial charge in [0.25, 0.3) is 5.91 Å². The predicted molar refractivity (Wildman–Crippen MR) is 150 cm³/mol.